The Morgan fingerprint density at radius 2 is 2.00 bits per heavy atom. The summed E-state index contributed by atoms with van der Waals surface area (Å²) in [5.41, 5.74) is 7.50. The molecule has 1 aliphatic heterocycles. The lowest BCUT2D eigenvalue weighted by Crippen LogP contribution is -2.39. The molecule has 6 heteroatoms. The van der Waals surface area contributed by atoms with Crippen molar-refractivity contribution in [3.05, 3.63) is 88.0 Å². The average molecular weight is 391 g/mol. The Labute approximate surface area is 164 Å². The molecule has 0 spiro atoms. The molecule has 1 aromatic heterocycles. The summed E-state index contributed by atoms with van der Waals surface area (Å²) in [7, 11) is -3.73. The quantitative estimate of drug-likeness (QED) is 0.782. The van der Waals surface area contributed by atoms with Gasteiger partial charge in [0.15, 0.2) is 0 Å². The molecule has 1 saturated carbocycles. The number of hydrogen-bond acceptors (Lipinski definition) is 3. The Morgan fingerprint density at radius 1 is 1.18 bits per heavy atom. The second-order valence-electron chi connectivity index (χ2n) is 7.54. The van der Waals surface area contributed by atoms with Crippen LogP contribution in [0.5, 0.6) is 0 Å². The Balaban J connectivity index is 1.71. The predicted molar refractivity (Wildman–Crippen MR) is 109 cm³/mol. The fourth-order valence-corrected chi connectivity index (χ4v) is 5.83. The van der Waals surface area contributed by atoms with Gasteiger partial charge in [0, 0.05) is 11.1 Å². The van der Waals surface area contributed by atoms with Crippen molar-refractivity contribution in [3.63, 3.8) is 0 Å². The summed E-state index contributed by atoms with van der Waals surface area (Å²) in [5.74, 6) is 0.309. The monoisotopic (exact) mass is 391 g/mol. The maximum Gasteiger partial charge on any atom is 0.264 e. The maximum absolute atomic E-state index is 13.9. The number of H-pyrrole nitrogens is 1. The number of aromatic nitrogens is 2. The zero-order chi connectivity index (χ0) is 19.3. The third-order valence-corrected chi connectivity index (χ3v) is 7.44. The molecule has 1 atom stereocenters. The van der Waals surface area contributed by atoms with Gasteiger partial charge < -0.3 is 0 Å². The molecule has 0 saturated heterocycles. The van der Waals surface area contributed by atoms with Gasteiger partial charge in [-0.05, 0) is 62.5 Å². The van der Waals surface area contributed by atoms with Crippen LogP contribution in [0.3, 0.4) is 0 Å². The van der Waals surface area contributed by atoms with Gasteiger partial charge in [0.05, 0.1) is 28.5 Å². The Bertz CT molecular complexity index is 1160. The van der Waals surface area contributed by atoms with Crippen LogP contribution >= 0.6 is 0 Å². The van der Waals surface area contributed by atoms with Crippen LogP contribution in [-0.2, 0) is 10.0 Å². The van der Waals surface area contributed by atoms with Crippen LogP contribution in [-0.4, -0.2) is 22.9 Å². The molecular formula is C22H21N3O2S. The predicted octanol–water partition coefficient (Wildman–Crippen LogP) is 4.29. The van der Waals surface area contributed by atoms with Crippen molar-refractivity contribution in [2.45, 2.75) is 32.2 Å². The molecule has 1 fully saturated rings. The second kappa shape index (κ2) is 6.36. The van der Waals surface area contributed by atoms with Crippen LogP contribution in [0.15, 0.2) is 76.7 Å². The zero-order valence-corrected chi connectivity index (χ0v) is 16.4. The highest BCUT2D eigenvalue weighted by Gasteiger charge is 2.48. The number of sulfonamides is 1. The molecule has 0 amide bonds. The fraction of sp³-hybridized carbons (Fsp3) is 0.273. The number of rotatable bonds is 3. The van der Waals surface area contributed by atoms with Crippen LogP contribution in [0.25, 0.3) is 5.57 Å². The Hall–Kier alpha value is -2.82. The van der Waals surface area contributed by atoms with Crippen molar-refractivity contribution >= 4 is 15.6 Å². The number of fused-ring (bicyclic) bond motifs is 3. The molecule has 0 bridgehead atoms. The standard InChI is InChI=1S/C22H21N3O2S/c1-15-6-5-7-17(13-10-15)28(26,27)25-20-9-4-2-3-8-18(20)21-19(14-23-24-21)22(25)16-11-12-16/h3-4,6-10,13-14,16,22H,5,11-12H2,1H3,(H,23,24). The molecule has 28 heavy (non-hydrogen) atoms. The lowest BCUT2D eigenvalue weighted by Gasteiger charge is -2.39. The van der Waals surface area contributed by atoms with Crippen molar-refractivity contribution in [1.29, 1.82) is 0 Å². The lowest BCUT2D eigenvalue weighted by atomic mass is 9.92. The summed E-state index contributed by atoms with van der Waals surface area (Å²) in [6.45, 7) is 1.98. The van der Waals surface area contributed by atoms with Crippen molar-refractivity contribution in [1.82, 2.24) is 14.5 Å². The van der Waals surface area contributed by atoms with Crippen LogP contribution in [0.4, 0.5) is 0 Å². The van der Waals surface area contributed by atoms with Gasteiger partial charge in [-0.25, -0.2) is 8.42 Å². The number of allylic oxidation sites excluding steroid dienone is 9. The molecule has 1 aromatic rings. The third kappa shape index (κ3) is 2.68. The van der Waals surface area contributed by atoms with Gasteiger partial charge in [-0.3, -0.25) is 9.40 Å². The van der Waals surface area contributed by atoms with E-state index in [9.17, 15) is 8.42 Å². The molecule has 0 radical (unpaired) electrons. The van der Waals surface area contributed by atoms with E-state index in [1.54, 1.807) is 28.7 Å². The van der Waals surface area contributed by atoms with Gasteiger partial charge in [-0.2, -0.15) is 5.10 Å². The number of nitrogens with one attached hydrogen (secondary N) is 1. The highest BCUT2D eigenvalue weighted by Crippen LogP contribution is 2.54. The van der Waals surface area contributed by atoms with Gasteiger partial charge in [-0.1, -0.05) is 23.8 Å². The first-order chi connectivity index (χ1) is 13.6. The van der Waals surface area contributed by atoms with E-state index in [1.807, 2.05) is 37.3 Å². The minimum absolute atomic E-state index is 0.236. The van der Waals surface area contributed by atoms with E-state index in [0.29, 0.717) is 22.9 Å². The molecule has 4 aliphatic rings. The van der Waals surface area contributed by atoms with E-state index < -0.39 is 10.0 Å². The van der Waals surface area contributed by atoms with Crippen molar-refractivity contribution in [3.8, 4) is 0 Å². The summed E-state index contributed by atoms with van der Waals surface area (Å²) in [6.07, 6.45) is 19.2. The van der Waals surface area contributed by atoms with E-state index in [2.05, 4.69) is 15.9 Å². The maximum atomic E-state index is 13.9. The minimum Gasteiger partial charge on any atom is -0.277 e. The van der Waals surface area contributed by atoms with E-state index >= 15 is 0 Å². The van der Waals surface area contributed by atoms with E-state index in [0.717, 1.165) is 35.2 Å². The molecule has 142 valence electrons. The number of nitrogens with zero attached hydrogens (tertiary/aromatic N) is 2. The molecule has 5 rings (SSSR count). The van der Waals surface area contributed by atoms with E-state index in [1.165, 1.54) is 0 Å². The van der Waals surface area contributed by atoms with Crippen LogP contribution in [0.2, 0.25) is 0 Å². The topological polar surface area (TPSA) is 66.1 Å². The van der Waals surface area contributed by atoms with Crippen molar-refractivity contribution < 1.29 is 8.42 Å². The smallest absolute Gasteiger partial charge is 0.264 e. The van der Waals surface area contributed by atoms with Gasteiger partial charge in [0.25, 0.3) is 10.0 Å². The molecule has 3 aliphatic carbocycles. The highest BCUT2D eigenvalue weighted by atomic mass is 32.2. The second-order valence-corrected chi connectivity index (χ2v) is 9.35. The zero-order valence-electron chi connectivity index (χ0n) is 15.6. The minimum atomic E-state index is -3.73. The average Bonchev–Trinajstić information content (AvgIpc) is 3.46. The number of hydrogen-bond donors (Lipinski definition) is 1. The van der Waals surface area contributed by atoms with Crippen LogP contribution in [0.1, 0.15) is 43.5 Å². The summed E-state index contributed by atoms with van der Waals surface area (Å²) in [6, 6.07) is -0.236. The first kappa shape index (κ1) is 17.3. The highest BCUT2D eigenvalue weighted by molar-refractivity contribution is 7.93. The summed E-state index contributed by atoms with van der Waals surface area (Å²) in [5, 5.41) is 7.33. The van der Waals surface area contributed by atoms with Crippen LogP contribution < -0.4 is 0 Å². The van der Waals surface area contributed by atoms with Gasteiger partial charge in [0.1, 0.15) is 0 Å². The first-order valence-electron chi connectivity index (χ1n) is 9.54. The SMILES string of the molecule is CC1=CCC=C(S(=O)(=O)N2C3=CC=C=CC=C3c3[nH]ncc3C2C2CC2)C=C1. The van der Waals surface area contributed by atoms with E-state index in [-0.39, 0.29) is 6.04 Å². The van der Waals surface area contributed by atoms with E-state index in [4.69, 9.17) is 0 Å². The van der Waals surface area contributed by atoms with Gasteiger partial charge in [-0.15, -0.1) is 5.73 Å². The molecule has 1 N–H and O–H groups in total. The molecule has 0 aromatic carbocycles. The summed E-state index contributed by atoms with van der Waals surface area (Å²) >= 11 is 0. The number of aromatic amines is 1. The molecule has 5 nitrogen and oxygen atoms in total. The third-order valence-electron chi connectivity index (χ3n) is 5.60. The largest absolute Gasteiger partial charge is 0.277 e. The Kier molecular flexibility index (Phi) is 3.93. The summed E-state index contributed by atoms with van der Waals surface area (Å²) in [4.78, 5) is 0.347. The van der Waals surface area contributed by atoms with Crippen molar-refractivity contribution in [2.75, 3.05) is 0 Å². The van der Waals surface area contributed by atoms with Gasteiger partial charge in [0.2, 0.25) is 0 Å². The van der Waals surface area contributed by atoms with Gasteiger partial charge >= 0.3 is 0 Å². The fourth-order valence-electron chi connectivity index (χ4n) is 4.06. The summed E-state index contributed by atoms with van der Waals surface area (Å²) < 4.78 is 29.4. The lowest BCUT2D eigenvalue weighted by molar-refractivity contribution is 0.354. The molecule has 2 heterocycles. The molecule has 1 unspecified atom stereocenters. The normalized spacial score (nSPS) is 23.8. The van der Waals surface area contributed by atoms with Crippen molar-refractivity contribution in [2.24, 2.45) is 5.92 Å². The molecular weight excluding hydrogens is 370 g/mol. The first-order valence-corrected chi connectivity index (χ1v) is 11.0. The Morgan fingerprint density at radius 3 is 2.82 bits per heavy atom. The van der Waals surface area contributed by atoms with Crippen LogP contribution in [0, 0.1) is 5.92 Å².